The highest BCUT2D eigenvalue weighted by Gasteiger charge is 2.43. The highest BCUT2D eigenvalue weighted by atomic mass is 16.6. The summed E-state index contributed by atoms with van der Waals surface area (Å²) in [5, 5.41) is 25.1. The first-order valence-corrected chi connectivity index (χ1v) is 14.0. The summed E-state index contributed by atoms with van der Waals surface area (Å²) in [6.07, 6.45) is 0. The first kappa shape index (κ1) is 29.6. The molecule has 6 rings (SSSR count). The predicted octanol–water partition coefficient (Wildman–Crippen LogP) is 3.83. The van der Waals surface area contributed by atoms with E-state index < -0.39 is 33.7 Å². The number of carbonyl (C=O) groups is 1. The van der Waals surface area contributed by atoms with E-state index in [9.17, 15) is 29.8 Å². The minimum atomic E-state index is -1.36. The van der Waals surface area contributed by atoms with E-state index in [0.29, 0.717) is 22.7 Å². The number of nitro groups is 1. The van der Waals surface area contributed by atoms with Crippen LogP contribution in [0.3, 0.4) is 0 Å². The Hall–Kier alpha value is -6.49. The van der Waals surface area contributed by atoms with E-state index in [1.807, 2.05) is 31.2 Å². The molecule has 3 aromatic carbocycles. The van der Waals surface area contributed by atoms with Crippen LogP contribution in [0.4, 0.5) is 5.69 Å². The molecule has 0 saturated heterocycles. The molecule has 0 aliphatic carbocycles. The molecule has 0 fully saturated rings. The van der Waals surface area contributed by atoms with Crippen LogP contribution in [0.5, 0.6) is 11.6 Å². The zero-order chi connectivity index (χ0) is 32.9. The Kier molecular flexibility index (Phi) is 7.21. The summed E-state index contributed by atoms with van der Waals surface area (Å²) in [5.41, 5.74) is 6.81. The van der Waals surface area contributed by atoms with Gasteiger partial charge in [-0.2, -0.15) is 15.0 Å². The van der Waals surface area contributed by atoms with Crippen LogP contribution in [-0.2, 0) is 9.53 Å². The number of benzene rings is 3. The van der Waals surface area contributed by atoms with Crippen LogP contribution < -0.4 is 21.6 Å². The molecule has 0 saturated carbocycles. The molecular weight excluding hydrogens is 594 g/mol. The van der Waals surface area contributed by atoms with Gasteiger partial charge in [-0.25, -0.2) is 14.2 Å². The van der Waals surface area contributed by atoms with Crippen molar-refractivity contribution in [1.82, 2.24) is 19.1 Å². The van der Waals surface area contributed by atoms with Gasteiger partial charge in [-0.05, 0) is 63.2 Å². The first-order chi connectivity index (χ1) is 22.0. The molecule has 0 spiro atoms. The van der Waals surface area contributed by atoms with Crippen LogP contribution in [0.15, 0.2) is 81.9 Å². The quantitative estimate of drug-likeness (QED) is 0.159. The molecule has 0 amide bonds. The van der Waals surface area contributed by atoms with Crippen LogP contribution in [0.2, 0.25) is 0 Å². The highest BCUT2D eigenvalue weighted by molar-refractivity contribution is 5.97. The van der Waals surface area contributed by atoms with E-state index in [0.717, 1.165) is 27.1 Å². The molecule has 2 N–H and O–H groups in total. The molecule has 1 aliphatic rings. The van der Waals surface area contributed by atoms with Crippen molar-refractivity contribution in [1.29, 1.82) is 5.26 Å². The number of aryl methyl sites for hydroxylation is 2. The zero-order valence-electron chi connectivity index (χ0n) is 24.8. The predicted molar refractivity (Wildman–Crippen MR) is 166 cm³/mol. The van der Waals surface area contributed by atoms with Crippen molar-refractivity contribution < 1.29 is 19.2 Å². The Labute approximate surface area is 259 Å². The zero-order valence-corrected chi connectivity index (χ0v) is 24.8. The van der Waals surface area contributed by atoms with Gasteiger partial charge in [-0.15, -0.1) is 0 Å². The lowest BCUT2D eigenvalue weighted by Crippen LogP contribution is -2.38. The smallest absolute Gasteiger partial charge is 0.340 e. The van der Waals surface area contributed by atoms with Crippen molar-refractivity contribution in [3.63, 3.8) is 0 Å². The lowest BCUT2D eigenvalue weighted by molar-refractivity contribution is -0.384. The van der Waals surface area contributed by atoms with Gasteiger partial charge in [0.15, 0.2) is 0 Å². The number of non-ortho nitro benzene ring substituents is 1. The fourth-order valence-corrected chi connectivity index (χ4v) is 5.46. The van der Waals surface area contributed by atoms with Gasteiger partial charge >= 0.3 is 5.97 Å². The summed E-state index contributed by atoms with van der Waals surface area (Å²) in [7, 11) is 0. The molecule has 1 aliphatic heterocycles. The lowest BCUT2D eigenvalue weighted by Gasteiger charge is -2.19. The van der Waals surface area contributed by atoms with Gasteiger partial charge in [-0.1, -0.05) is 17.7 Å². The van der Waals surface area contributed by atoms with Crippen LogP contribution in [0.1, 0.15) is 35.3 Å². The second-order valence-corrected chi connectivity index (χ2v) is 10.5. The maximum absolute atomic E-state index is 14.2. The van der Waals surface area contributed by atoms with Gasteiger partial charge in [0.1, 0.15) is 23.2 Å². The number of aromatic nitrogens is 4. The van der Waals surface area contributed by atoms with Gasteiger partial charge in [0.2, 0.25) is 5.88 Å². The van der Waals surface area contributed by atoms with E-state index in [-0.39, 0.29) is 40.2 Å². The fraction of sp³-hybridized carbons (Fsp3) is 0.156. The summed E-state index contributed by atoms with van der Waals surface area (Å²) in [4.78, 5) is 52.4. The molecular formula is C32H25N7O7. The number of fused-ring (bicyclic) bond motifs is 2. The summed E-state index contributed by atoms with van der Waals surface area (Å²) >= 11 is 0. The number of nitrogens with zero attached hydrogens (tertiary/aromatic N) is 6. The van der Waals surface area contributed by atoms with E-state index >= 15 is 0 Å². The molecule has 0 bridgehead atoms. The lowest BCUT2D eigenvalue weighted by atomic mass is 9.99. The number of nitro benzene ring substituents is 1. The van der Waals surface area contributed by atoms with Crippen molar-refractivity contribution in [2.24, 2.45) is 5.73 Å². The third-order valence-electron chi connectivity index (χ3n) is 7.62. The van der Waals surface area contributed by atoms with Gasteiger partial charge in [-0.3, -0.25) is 19.7 Å². The van der Waals surface area contributed by atoms with Crippen molar-refractivity contribution in [2.45, 2.75) is 26.8 Å². The number of rotatable bonds is 7. The molecule has 1 atom stereocenters. The SMILES string of the molecule is CCOC(=O)C1=C(N)n2c(=O)c3cc([N+](=O)[O-])ccc3c(=O)n2C1c1c(C)nn(-c2ccc(C)cc2)c1Oc1ccc(C#N)cc1. The fourth-order valence-electron chi connectivity index (χ4n) is 5.46. The monoisotopic (exact) mass is 619 g/mol. The van der Waals surface area contributed by atoms with Crippen LogP contribution in [0, 0.1) is 35.3 Å². The largest absolute Gasteiger partial charge is 0.462 e. The van der Waals surface area contributed by atoms with Crippen LogP contribution >= 0.6 is 0 Å². The number of carbonyl (C=O) groups excluding carboxylic acids is 1. The normalized spacial score (nSPS) is 13.8. The molecule has 2 aromatic heterocycles. The Morgan fingerprint density at radius 1 is 1.04 bits per heavy atom. The van der Waals surface area contributed by atoms with E-state index in [1.165, 1.54) is 10.7 Å². The van der Waals surface area contributed by atoms with E-state index in [2.05, 4.69) is 6.07 Å². The van der Waals surface area contributed by atoms with Gasteiger partial charge in [0.25, 0.3) is 16.8 Å². The summed E-state index contributed by atoms with van der Waals surface area (Å²) in [6, 6.07) is 17.7. The molecule has 0 radical (unpaired) electrons. The summed E-state index contributed by atoms with van der Waals surface area (Å²) in [5.74, 6) is -0.855. The van der Waals surface area contributed by atoms with Crippen molar-refractivity contribution in [2.75, 3.05) is 6.61 Å². The average molecular weight is 620 g/mol. The second-order valence-electron chi connectivity index (χ2n) is 10.5. The van der Waals surface area contributed by atoms with Gasteiger partial charge < -0.3 is 15.2 Å². The third-order valence-corrected chi connectivity index (χ3v) is 7.62. The molecule has 3 heterocycles. The maximum Gasteiger partial charge on any atom is 0.340 e. The average Bonchev–Trinajstić information content (AvgIpc) is 3.53. The number of hydrogen-bond acceptors (Lipinski definition) is 10. The number of nitriles is 1. The minimum absolute atomic E-state index is 0.0349. The maximum atomic E-state index is 14.2. The molecule has 5 aromatic rings. The second kappa shape index (κ2) is 11.2. The Balaban J connectivity index is 1.68. The highest BCUT2D eigenvalue weighted by Crippen LogP contribution is 2.42. The Bertz CT molecular complexity index is 2270. The Morgan fingerprint density at radius 3 is 2.37 bits per heavy atom. The summed E-state index contributed by atoms with van der Waals surface area (Å²) < 4.78 is 15.1. The number of ether oxygens (including phenoxy) is 2. The summed E-state index contributed by atoms with van der Waals surface area (Å²) in [6.45, 7) is 5.14. The molecule has 230 valence electrons. The van der Waals surface area contributed by atoms with Gasteiger partial charge in [0.05, 0.1) is 50.9 Å². The van der Waals surface area contributed by atoms with Crippen molar-refractivity contribution in [3.8, 4) is 23.4 Å². The molecule has 1 unspecified atom stereocenters. The topological polar surface area (TPSA) is 190 Å². The number of nitrogens with two attached hydrogens (primary N) is 1. The Morgan fingerprint density at radius 2 is 1.74 bits per heavy atom. The molecule has 14 heteroatoms. The van der Waals surface area contributed by atoms with Crippen LogP contribution in [-0.4, -0.2) is 36.6 Å². The van der Waals surface area contributed by atoms with Gasteiger partial charge in [0, 0.05) is 12.1 Å². The number of esters is 1. The first-order valence-electron chi connectivity index (χ1n) is 14.0. The standard InChI is InChI=1S/C32H25N7O7/c1-4-45-32(42)26-27(37-29(40)23-14-11-21(39(43)44)15-24(23)30(41)38(37)28(26)34)25-18(3)35-36(20-9-5-17(2)6-10-20)31(25)46-22-12-7-19(16-33)8-13-22/h5-15,27H,4,34H2,1-3H3. The number of hydrogen-bond donors (Lipinski definition) is 1. The molecule has 46 heavy (non-hydrogen) atoms. The van der Waals surface area contributed by atoms with E-state index in [1.54, 1.807) is 38.1 Å². The van der Waals surface area contributed by atoms with Crippen LogP contribution in [0.25, 0.3) is 22.3 Å². The minimum Gasteiger partial charge on any atom is -0.462 e. The van der Waals surface area contributed by atoms with E-state index in [4.69, 9.17) is 20.3 Å². The molecule has 14 nitrogen and oxygen atoms in total. The van der Waals surface area contributed by atoms with Crippen molar-refractivity contribution in [3.05, 3.63) is 126 Å². The van der Waals surface area contributed by atoms with Crippen molar-refractivity contribution >= 4 is 28.3 Å². The third kappa shape index (κ3) is 4.67.